The molecule has 1 aliphatic rings. The molecular weight excluding hydrogens is 386 g/mol. The summed E-state index contributed by atoms with van der Waals surface area (Å²) in [6.45, 7) is 8.77. The quantitative estimate of drug-likeness (QED) is 0.544. The van der Waals surface area contributed by atoms with E-state index in [0.29, 0.717) is 37.6 Å². The van der Waals surface area contributed by atoms with Crippen LogP contribution in [0.3, 0.4) is 0 Å². The molecule has 2 rings (SSSR count). The number of rotatable bonds is 8. The number of nitrogens with one attached hydrogen (secondary N) is 1. The predicted molar refractivity (Wildman–Crippen MR) is 117 cm³/mol. The van der Waals surface area contributed by atoms with E-state index < -0.39 is 6.09 Å². The minimum atomic E-state index is -0.442. The molecule has 0 saturated carbocycles. The van der Waals surface area contributed by atoms with Crippen molar-refractivity contribution in [1.82, 2.24) is 5.32 Å². The van der Waals surface area contributed by atoms with Gasteiger partial charge in [-0.05, 0) is 38.5 Å². The summed E-state index contributed by atoms with van der Waals surface area (Å²) in [6.07, 6.45) is -0.444. The van der Waals surface area contributed by atoms with E-state index in [4.69, 9.17) is 16.2 Å². The molecule has 0 bridgehead atoms. The molecule has 166 valence electrons. The van der Waals surface area contributed by atoms with Crippen molar-refractivity contribution in [3.63, 3.8) is 0 Å². The molecular formula is C21H33N5O4. The number of carbonyl (C=O) groups is 3. The Labute approximate surface area is 177 Å². The van der Waals surface area contributed by atoms with Gasteiger partial charge in [0.1, 0.15) is 0 Å². The van der Waals surface area contributed by atoms with Crippen molar-refractivity contribution in [2.24, 2.45) is 11.5 Å². The first-order chi connectivity index (χ1) is 14.1. The van der Waals surface area contributed by atoms with Gasteiger partial charge >= 0.3 is 6.09 Å². The van der Waals surface area contributed by atoms with E-state index in [1.54, 1.807) is 23.6 Å². The second-order valence-electron chi connectivity index (χ2n) is 7.88. The number of carbonyl (C=O) groups excluding carboxylic acids is 3. The molecule has 0 radical (unpaired) electrons. The number of hydrogen-bond donors (Lipinski definition) is 3. The normalized spacial score (nSPS) is 16.9. The number of amides is 3. The Morgan fingerprint density at radius 2 is 1.97 bits per heavy atom. The highest BCUT2D eigenvalue weighted by molar-refractivity contribution is 6.02. The summed E-state index contributed by atoms with van der Waals surface area (Å²) in [6, 6.07) is 5.49. The van der Waals surface area contributed by atoms with Gasteiger partial charge < -0.3 is 26.4 Å². The number of hydrogen-bond acceptors (Lipinski definition) is 6. The number of primary amides is 1. The Hall–Kier alpha value is -2.65. The Morgan fingerprint density at radius 1 is 1.27 bits per heavy atom. The lowest BCUT2D eigenvalue weighted by Gasteiger charge is -2.40. The number of ether oxygens (including phenoxy) is 1. The molecule has 0 spiro atoms. The third-order valence-corrected chi connectivity index (χ3v) is 5.03. The Morgan fingerprint density at radius 3 is 2.53 bits per heavy atom. The fraction of sp³-hybridized carbons (Fsp3) is 0.571. The van der Waals surface area contributed by atoms with Gasteiger partial charge in [-0.15, -0.1) is 0 Å². The van der Waals surface area contributed by atoms with E-state index in [0.717, 1.165) is 5.56 Å². The summed E-state index contributed by atoms with van der Waals surface area (Å²) in [5.41, 5.74) is 13.4. The van der Waals surface area contributed by atoms with Crippen LogP contribution in [0.5, 0.6) is 0 Å². The molecule has 2 atom stereocenters. The van der Waals surface area contributed by atoms with Crippen molar-refractivity contribution in [3.8, 4) is 0 Å². The molecule has 1 aromatic rings. The monoisotopic (exact) mass is 419 g/mol. The molecule has 1 heterocycles. The molecule has 1 aromatic carbocycles. The Bertz CT molecular complexity index is 783. The zero-order valence-electron chi connectivity index (χ0n) is 18.2. The second kappa shape index (κ2) is 10.4. The first-order valence-corrected chi connectivity index (χ1v) is 10.3. The number of benzene rings is 1. The van der Waals surface area contributed by atoms with Gasteiger partial charge in [0, 0.05) is 45.4 Å². The lowest BCUT2D eigenvalue weighted by atomic mass is 9.96. The topological polar surface area (TPSA) is 131 Å². The lowest BCUT2D eigenvalue weighted by Crippen LogP contribution is -2.51. The van der Waals surface area contributed by atoms with Gasteiger partial charge in [0.2, 0.25) is 11.8 Å². The van der Waals surface area contributed by atoms with Crippen molar-refractivity contribution in [1.29, 1.82) is 0 Å². The number of nitrogens with zero attached hydrogens (tertiary/aromatic N) is 2. The first kappa shape index (κ1) is 23.6. The van der Waals surface area contributed by atoms with Crippen LogP contribution in [0.15, 0.2) is 18.2 Å². The van der Waals surface area contributed by atoms with E-state index in [1.807, 2.05) is 25.1 Å². The van der Waals surface area contributed by atoms with Crippen molar-refractivity contribution < 1.29 is 19.1 Å². The van der Waals surface area contributed by atoms with Crippen LogP contribution in [0, 0.1) is 0 Å². The van der Waals surface area contributed by atoms with Crippen LogP contribution in [-0.2, 0) is 14.3 Å². The SMILES string of the molecule is CC(=O)N1c2ccc(C(CN)CNCCC(N)=O)cc2N(C(=O)OC(C)C)C[C@@H]1C. The highest BCUT2D eigenvalue weighted by Crippen LogP contribution is 2.38. The van der Waals surface area contributed by atoms with E-state index in [-0.39, 0.29) is 36.3 Å². The first-order valence-electron chi connectivity index (χ1n) is 10.3. The summed E-state index contributed by atoms with van der Waals surface area (Å²) in [4.78, 5) is 39.2. The molecule has 1 unspecified atom stereocenters. The van der Waals surface area contributed by atoms with Gasteiger partial charge in [-0.25, -0.2) is 4.79 Å². The molecule has 9 nitrogen and oxygen atoms in total. The average Bonchev–Trinajstić information content (AvgIpc) is 2.66. The average molecular weight is 420 g/mol. The van der Waals surface area contributed by atoms with Gasteiger partial charge in [0.15, 0.2) is 0 Å². The van der Waals surface area contributed by atoms with Gasteiger partial charge in [0.25, 0.3) is 0 Å². The van der Waals surface area contributed by atoms with Gasteiger partial charge in [-0.2, -0.15) is 0 Å². The van der Waals surface area contributed by atoms with Crippen LogP contribution >= 0.6 is 0 Å². The molecule has 0 aliphatic carbocycles. The second-order valence-corrected chi connectivity index (χ2v) is 7.88. The summed E-state index contributed by atoms with van der Waals surface area (Å²) in [7, 11) is 0. The fourth-order valence-electron chi connectivity index (χ4n) is 3.64. The maximum atomic E-state index is 12.7. The molecule has 0 saturated heterocycles. The van der Waals surface area contributed by atoms with Gasteiger partial charge in [-0.1, -0.05) is 6.07 Å². The zero-order valence-corrected chi connectivity index (χ0v) is 18.2. The van der Waals surface area contributed by atoms with Crippen LogP contribution in [0.2, 0.25) is 0 Å². The van der Waals surface area contributed by atoms with E-state index >= 15 is 0 Å². The van der Waals surface area contributed by atoms with Crippen molar-refractivity contribution in [3.05, 3.63) is 23.8 Å². The van der Waals surface area contributed by atoms with Crippen molar-refractivity contribution in [2.45, 2.75) is 52.2 Å². The van der Waals surface area contributed by atoms with E-state index in [2.05, 4.69) is 5.32 Å². The number of fused-ring (bicyclic) bond motifs is 1. The molecule has 0 aromatic heterocycles. The van der Waals surface area contributed by atoms with E-state index in [1.165, 1.54) is 6.92 Å². The molecule has 0 fully saturated rings. The smallest absolute Gasteiger partial charge is 0.414 e. The van der Waals surface area contributed by atoms with Crippen LogP contribution < -0.4 is 26.6 Å². The minimum Gasteiger partial charge on any atom is -0.446 e. The van der Waals surface area contributed by atoms with Crippen LogP contribution in [0.4, 0.5) is 16.2 Å². The molecule has 5 N–H and O–H groups in total. The standard InChI is InChI=1S/C21H33N5O4/c1-13(2)30-21(29)25-12-14(3)26(15(4)27)18-6-5-16(9-19(18)25)17(10-22)11-24-8-7-20(23)28/h5-6,9,13-14,17,24H,7-8,10-12,22H2,1-4H3,(H2,23,28)/t14-,17?/m0/s1. The van der Waals surface area contributed by atoms with Gasteiger partial charge in [-0.3, -0.25) is 14.5 Å². The molecule has 3 amide bonds. The molecule has 1 aliphatic heterocycles. The Kier molecular flexibility index (Phi) is 8.19. The maximum absolute atomic E-state index is 12.7. The maximum Gasteiger partial charge on any atom is 0.414 e. The molecule has 9 heteroatoms. The van der Waals surface area contributed by atoms with Crippen molar-refractivity contribution >= 4 is 29.3 Å². The third kappa shape index (κ3) is 5.70. The zero-order chi connectivity index (χ0) is 22.4. The summed E-state index contributed by atoms with van der Waals surface area (Å²) < 4.78 is 5.42. The van der Waals surface area contributed by atoms with Crippen LogP contribution in [-0.4, -0.2) is 56.2 Å². The lowest BCUT2D eigenvalue weighted by molar-refractivity contribution is -0.118. The number of anilines is 2. The summed E-state index contributed by atoms with van der Waals surface area (Å²) in [5.74, 6) is -0.480. The van der Waals surface area contributed by atoms with Crippen LogP contribution in [0.25, 0.3) is 0 Å². The predicted octanol–water partition coefficient (Wildman–Crippen LogP) is 1.30. The largest absolute Gasteiger partial charge is 0.446 e. The summed E-state index contributed by atoms with van der Waals surface area (Å²) in [5, 5.41) is 3.19. The third-order valence-electron chi connectivity index (χ3n) is 5.03. The molecule has 30 heavy (non-hydrogen) atoms. The number of nitrogens with two attached hydrogens (primary N) is 2. The highest BCUT2D eigenvalue weighted by Gasteiger charge is 2.35. The van der Waals surface area contributed by atoms with Crippen LogP contribution in [0.1, 0.15) is 45.6 Å². The van der Waals surface area contributed by atoms with E-state index in [9.17, 15) is 14.4 Å². The minimum absolute atomic E-state index is 0.0312. The van der Waals surface area contributed by atoms with Crippen molar-refractivity contribution in [2.75, 3.05) is 36.0 Å². The summed E-state index contributed by atoms with van der Waals surface area (Å²) >= 11 is 0. The Balaban J connectivity index is 2.35. The highest BCUT2D eigenvalue weighted by atomic mass is 16.6. The fourth-order valence-corrected chi connectivity index (χ4v) is 3.64. The van der Waals surface area contributed by atoms with Gasteiger partial charge in [0.05, 0.1) is 23.5 Å².